The van der Waals surface area contributed by atoms with Crippen molar-refractivity contribution in [1.29, 1.82) is 5.53 Å². The van der Waals surface area contributed by atoms with E-state index in [0.29, 0.717) is 69.4 Å². The Hall–Kier alpha value is -16.9. The molecule has 5 aliphatic rings. The van der Waals surface area contributed by atoms with E-state index in [9.17, 15) is 39.3 Å². The molecular weight excluding hydrogens is 1810 g/mol. The number of hydrogen-bond acceptors (Lipinski definition) is 32. The molecule has 5 heterocycles. The Morgan fingerprint density at radius 1 is 0.600 bits per heavy atom. The number of nitrogens with one attached hydrogen (secondary N) is 1. The highest BCUT2D eigenvalue weighted by Crippen LogP contribution is 2.40. The van der Waals surface area contributed by atoms with Gasteiger partial charge in [-0.15, -0.1) is 16.6 Å². The normalized spacial score (nSPS) is 21.2. The molecule has 6 N–H and O–H groups in total. The molecule has 38 heteroatoms. The van der Waals surface area contributed by atoms with E-state index in [-0.39, 0.29) is 120 Å². The third-order valence-corrected chi connectivity index (χ3v) is 18.9. The molecule has 1 aromatic rings. The molecule has 0 radical (unpaired) electrons. The maximum absolute atomic E-state index is 14.6. The first-order chi connectivity index (χ1) is 68.2. The molecule has 0 spiro atoms. The van der Waals surface area contributed by atoms with Crippen LogP contribution in [0.25, 0.3) is 0 Å². The van der Waals surface area contributed by atoms with Crippen LogP contribution in [0.4, 0.5) is 4.79 Å². The van der Waals surface area contributed by atoms with E-state index in [1.54, 1.807) is 58.2 Å². The number of carbonyl (C=O) groups is 5. The summed E-state index contributed by atoms with van der Waals surface area (Å²) < 4.78 is 38.2. The average Bonchev–Trinajstić information content (AvgIpc) is 1.01. The number of aliphatic hydroxyl groups is 3. The van der Waals surface area contributed by atoms with Crippen molar-refractivity contribution in [1.82, 2.24) is 29.9 Å². The van der Waals surface area contributed by atoms with Crippen LogP contribution in [-0.4, -0.2) is 181 Å². The minimum atomic E-state index is -2.56. The Morgan fingerprint density at radius 3 is 1.51 bits per heavy atom. The summed E-state index contributed by atoms with van der Waals surface area (Å²) in [7, 11) is 4.59. The van der Waals surface area contributed by atoms with Crippen molar-refractivity contribution in [3.63, 3.8) is 0 Å². The van der Waals surface area contributed by atoms with Crippen molar-refractivity contribution in [2.24, 2.45) is 45.3 Å². The number of Topliss-reactive ketones (excluding diaryl/α,β-unsaturated/α-hetero) is 2. The first-order valence-corrected chi connectivity index (χ1v) is 41.1. The number of aromatic nitrogens is 3. The molecule has 1 aliphatic carbocycles. The van der Waals surface area contributed by atoms with Crippen molar-refractivity contribution in [3.8, 4) is 297 Å². The standard InChI is InChI=1S/C51H77N5O14.C51H4.H3N5O14.36H2/c1-30-21-31(2)23-42(66-7)46-43(67-8)25-33(4)51(64,70-46)47(60)48(61)56-17-11-9-14-37(56)49(62)69-45(34(5)38(58)27-39(59)36(22-30)13-10-12-20-57)32(3)24-35-15-16-40(41(26-35)65-6)68-50(63)54-18-19-55-29-52-53-44(55)28-54;1-3-5-7-9-11-13-15-17-19-21-23-25-27-29-31-33-35-37-39-41-43-45-47-49-51-50-48-46-44-42-40-38-36-34-32-30-28-26-24-22-20-18-16-14-12-10-8-6-4-2;1-2-3-4-5(8-12-16-18-14-10-6)9-13-17-19-15-11-7;;;;;;;;;;;;;;;;;;;;;;;;;;;;;;;;;;;;/h10,12,22,24,29,31,33-38,40-43,45-46,57-58,64H,9,11,13-21,23,25-28H2,1-8H3;1H,2H3;1,6-7H;36*1H/b12-10+,30-22+,32-24+;;2-1?,4-3+;;;;;;;;;;;;;;;;;;;;;;;;;;;;;;;;;;;;/t31-,33+,34+,35-,36+,37-,38-,40+,41+,42-,43-,45+,46+,51+;;;;;;;;;;;;;;;;;;;;;;;;;;;;;;;;;;;;;;/m0....................................../s1. The summed E-state index contributed by atoms with van der Waals surface area (Å²) in [4.78, 5) is 81.5. The number of nitrogens with zero attached hydrogens (tertiary/aromatic N) is 9. The SMILES string of the molecule is C#CC#CC#CC#CC#CC#CC#CC#CC#CC#CC#CC#CC#CC#CC#CC#CC#CC#CC#CC#CC#CC#CC#CC#CC#CC.CO[C@H]1C[C@@H](C)C/C(C)=C/[C@@H](C/C=C/CO)C(=O)C[C@H](O)[C@@H](C)[C@@H](/C(C)=C/[C@@H]2CC[C@@H](OC(=O)N3CCn4cnnc4C3)[C@H](OC)C2)OC(=O)[C@@H]2CCCCN2C(=O)C(=O)[C@]2(O)O[C@H]1[C@@H](OC)C[C@H]2C.N=N/N=N/N(OOOOOOO)OOOOOOO.[HH].[HH].[HH].[HH].[HH].[HH].[HH].[HH].[HH].[HH].[HH].[HH].[HH].[HH].[HH].[HH].[HH].[HH].[HH].[HH].[HH].[HH].[HH].[HH].[HH].[HH].[HH].[HH].[HH].[HH].[HH].[HH].[HH].[HH].[HH].[HH]. The number of ketones is 2. The van der Waals surface area contributed by atoms with Crippen LogP contribution < -0.4 is 0 Å². The largest absolute Gasteiger partial charge is 0.456 e. The number of carbonyl (C=O) groups excluding carboxylic acids is 5. The van der Waals surface area contributed by atoms with Gasteiger partial charge in [-0.05, 0) is 268 Å². The lowest BCUT2D eigenvalue weighted by Gasteiger charge is -2.47. The number of terminal acetylenes is 1. The fraction of sp³-hybridized carbons (Fsp3) is 0.382. The number of cyclic esters (lactones) is 1. The number of hydrogen-bond donors (Lipinski definition) is 6. The summed E-state index contributed by atoms with van der Waals surface area (Å²) in [6.07, 6.45) is 11.7. The summed E-state index contributed by atoms with van der Waals surface area (Å²) in [6.45, 7) is 11.9. The van der Waals surface area contributed by atoms with Crippen molar-refractivity contribution >= 4 is 29.5 Å². The molecule has 0 aromatic carbocycles. The number of ether oxygens (including phenoxy) is 6. The summed E-state index contributed by atoms with van der Waals surface area (Å²) in [6, 6.07) is -1.20. The second-order valence-electron chi connectivity index (χ2n) is 28.0. The lowest BCUT2D eigenvalue weighted by atomic mass is 9.81. The van der Waals surface area contributed by atoms with Crippen LogP contribution in [0.5, 0.6) is 0 Å². The number of aliphatic hydroxyl groups excluding tert-OH is 2. The molecule has 782 valence electrons. The topological polar surface area (TPSA) is 454 Å². The van der Waals surface area contributed by atoms with Gasteiger partial charge in [0.2, 0.25) is 5.79 Å². The fourth-order valence-electron chi connectivity index (χ4n) is 12.9. The molecule has 3 fully saturated rings. The van der Waals surface area contributed by atoms with Crippen molar-refractivity contribution in [3.05, 3.63) is 47.6 Å². The zero-order chi connectivity index (χ0) is 102. The van der Waals surface area contributed by atoms with Crippen LogP contribution in [-0.2, 0) is 121 Å². The number of esters is 1. The molecule has 2 amide bonds. The van der Waals surface area contributed by atoms with Gasteiger partial charge in [0.25, 0.3) is 11.7 Å². The predicted octanol–water partition coefficient (Wildman–Crippen LogP) is 13.6. The predicted molar refractivity (Wildman–Crippen MR) is 561 cm³/mol. The molecule has 38 nitrogen and oxygen atoms in total. The summed E-state index contributed by atoms with van der Waals surface area (Å²) >= 11 is 0. The molecule has 2 bridgehead atoms. The van der Waals surface area contributed by atoms with Crippen LogP contribution in [0.15, 0.2) is 57.4 Å². The van der Waals surface area contributed by atoms with E-state index < -0.39 is 96.1 Å². The fourth-order valence-corrected chi connectivity index (χ4v) is 12.9. The van der Waals surface area contributed by atoms with Crippen LogP contribution >= 0.6 is 0 Å². The van der Waals surface area contributed by atoms with E-state index >= 15 is 0 Å². The lowest BCUT2D eigenvalue weighted by molar-refractivity contribution is -0.842. The number of rotatable bonds is 23. The minimum Gasteiger partial charge on any atom is -0.456 e. The second kappa shape index (κ2) is 72.5. The number of piperidine rings is 1. The van der Waals surface area contributed by atoms with Crippen LogP contribution in [0.1, 0.15) is 169 Å². The first-order valence-electron chi connectivity index (χ1n) is 41.1. The van der Waals surface area contributed by atoms with Gasteiger partial charge in [-0.2, -0.15) is 5.53 Å². The zero-order valence-corrected chi connectivity index (χ0v) is 76.4. The molecule has 0 unspecified atom stereocenters. The number of fused-ring (bicyclic) bond motifs is 4. The van der Waals surface area contributed by atoms with E-state index in [2.05, 4.69) is 376 Å². The Balaban J connectivity index is -0.0000000564. The highest BCUT2D eigenvalue weighted by molar-refractivity contribution is 6.39. The number of allylic oxidation sites excluding steroid dienone is 4. The maximum atomic E-state index is 14.6. The third-order valence-electron chi connectivity index (χ3n) is 18.9. The van der Waals surface area contributed by atoms with Gasteiger partial charge in [0, 0.05) is 311 Å². The monoisotopic (exact) mass is 1970 g/mol. The Morgan fingerprint density at radius 2 is 1.06 bits per heavy atom. The summed E-state index contributed by atoms with van der Waals surface area (Å²) in [5.41, 5.74) is 7.74. The smallest absolute Gasteiger partial charge is 0.410 e. The Labute approximate surface area is 863 Å². The zero-order valence-electron chi connectivity index (χ0n) is 76.4. The van der Waals surface area contributed by atoms with E-state index in [4.69, 9.17) is 50.9 Å². The van der Waals surface area contributed by atoms with Gasteiger partial charge >= 0.3 is 12.1 Å². The first kappa shape index (κ1) is 115. The van der Waals surface area contributed by atoms with Gasteiger partial charge in [-0.1, -0.05) is 56.6 Å². The van der Waals surface area contributed by atoms with Gasteiger partial charge in [0.05, 0.1) is 42.9 Å². The average molecular weight is 1970 g/mol. The van der Waals surface area contributed by atoms with Crippen LogP contribution in [0, 0.1) is 332 Å². The molecule has 1 aromatic heterocycles. The third kappa shape index (κ3) is 47.3. The van der Waals surface area contributed by atoms with Crippen LogP contribution in [0.3, 0.4) is 0 Å². The molecule has 14 atom stereocenters. The van der Waals surface area contributed by atoms with Crippen molar-refractivity contribution in [2.45, 2.75) is 180 Å². The van der Waals surface area contributed by atoms with Gasteiger partial charge in [0.1, 0.15) is 36.5 Å². The quantitative estimate of drug-likeness (QED) is 0.00866. The molecular formula is C102H156N10O28. The van der Waals surface area contributed by atoms with Gasteiger partial charge < -0.3 is 53.2 Å². The number of methoxy groups -OCH3 is 3. The highest BCUT2D eigenvalue weighted by Gasteiger charge is 2.57. The second-order valence-corrected chi connectivity index (χ2v) is 28.0. The Bertz CT molecular complexity index is 6530. The lowest BCUT2D eigenvalue weighted by Crippen LogP contribution is -2.64. The Kier molecular flexibility index (Phi) is 59.8. The maximum Gasteiger partial charge on any atom is 0.410 e. The van der Waals surface area contributed by atoms with Crippen molar-refractivity contribution < 1.29 is 190 Å². The van der Waals surface area contributed by atoms with Crippen molar-refractivity contribution in [2.75, 3.05) is 41.0 Å². The molecule has 4 aliphatic heterocycles. The van der Waals surface area contributed by atoms with Gasteiger partial charge in [0.15, 0.2) is 5.82 Å². The van der Waals surface area contributed by atoms with E-state index in [1.165, 1.54) is 19.1 Å². The highest BCUT2D eigenvalue weighted by atomic mass is 17.9. The van der Waals surface area contributed by atoms with E-state index in [0.717, 1.165) is 5.57 Å². The molecule has 6 rings (SSSR count). The summed E-state index contributed by atoms with van der Waals surface area (Å²) in [5, 5.41) is 97.7. The molecule has 140 heavy (non-hydrogen) atoms. The van der Waals surface area contributed by atoms with Crippen LogP contribution in [0.2, 0.25) is 0 Å². The number of amides is 2. The summed E-state index contributed by atoms with van der Waals surface area (Å²) in [5.74, 6) is 114. The van der Waals surface area contributed by atoms with Gasteiger partial charge in [-0.3, -0.25) is 19.3 Å². The van der Waals surface area contributed by atoms with Gasteiger partial charge in [-0.25, -0.2) is 20.1 Å². The molecule has 2 saturated heterocycles. The minimum absolute atomic E-state index is 0. The molecule has 1 saturated carbocycles. The van der Waals surface area contributed by atoms with E-state index in [1.807, 2.05) is 30.6 Å².